The minimum absolute atomic E-state index is 0.0170. The van der Waals surface area contributed by atoms with E-state index in [9.17, 15) is 36.3 Å². The quantitative estimate of drug-likeness (QED) is 0.132. The van der Waals surface area contributed by atoms with Crippen LogP contribution in [0.4, 0.5) is 18.9 Å². The minimum Gasteiger partial charge on any atom is -0.399 e. The number of amides is 2. The molecule has 1 fully saturated rings. The third kappa shape index (κ3) is 10.8. The van der Waals surface area contributed by atoms with Gasteiger partial charge >= 0.3 is 6.18 Å². The van der Waals surface area contributed by atoms with Crippen LogP contribution >= 0.6 is 0 Å². The Hall–Kier alpha value is -3.98. The molecule has 1 aliphatic carbocycles. The van der Waals surface area contributed by atoms with E-state index in [1.807, 2.05) is 44.2 Å². The number of halogens is 3. The molecule has 0 aromatic heterocycles. The largest absolute Gasteiger partial charge is 0.416 e. The van der Waals surface area contributed by atoms with Crippen molar-refractivity contribution in [1.82, 2.24) is 20.3 Å². The van der Waals surface area contributed by atoms with E-state index in [1.54, 1.807) is 26.8 Å². The van der Waals surface area contributed by atoms with Gasteiger partial charge in [0, 0.05) is 24.3 Å². The van der Waals surface area contributed by atoms with Crippen LogP contribution < -0.4 is 21.7 Å². The first-order chi connectivity index (χ1) is 24.2. The molecule has 14 heteroatoms. The van der Waals surface area contributed by atoms with Crippen LogP contribution in [0.2, 0.25) is 0 Å². The third-order valence-corrected chi connectivity index (χ3v) is 10.9. The summed E-state index contributed by atoms with van der Waals surface area (Å²) >= 11 is 0. The molecule has 0 radical (unpaired) electrons. The van der Waals surface area contributed by atoms with Crippen molar-refractivity contribution in [2.75, 3.05) is 25.4 Å². The summed E-state index contributed by atoms with van der Waals surface area (Å²) in [5, 5.41) is 20.4. The number of nitrogens with zero attached hydrogens (tertiary/aromatic N) is 1. The van der Waals surface area contributed by atoms with Gasteiger partial charge in [-0.2, -0.15) is 17.5 Å². The van der Waals surface area contributed by atoms with Gasteiger partial charge in [-0.3, -0.25) is 14.9 Å². The van der Waals surface area contributed by atoms with Crippen LogP contribution in [-0.2, 0) is 37.7 Å². The zero-order valence-electron chi connectivity index (χ0n) is 30.2. The van der Waals surface area contributed by atoms with Gasteiger partial charge in [0.05, 0.1) is 29.1 Å². The number of nitrogens with two attached hydrogens (primary N) is 1. The molecule has 52 heavy (non-hydrogen) atoms. The van der Waals surface area contributed by atoms with E-state index in [0.29, 0.717) is 24.1 Å². The standard InChI is InChI=1S/C38H50F3N5O5S/c1-25(2)23-46(52(50,51)30-16-14-29(42)15-17-30)24-32(47)31(20-26-10-7-6-8-11-26)44-35(49)34(36(3,4)5)45-33(48)22-43-37(18-19-37)27-12-9-13-28(21-27)38(39,40)41/h6-17,21,25,31-32,34,43,47H,18-20,22-24,42H2,1-5H3,(H,44,49)(H,45,48)/t31-,32+,34?/m0/s1. The maximum absolute atomic E-state index is 14.0. The van der Waals surface area contributed by atoms with Gasteiger partial charge in [0.15, 0.2) is 0 Å². The SMILES string of the molecule is CC(C)CN(C[C@@H](O)[C@H](Cc1ccccc1)NC(=O)C(NC(=O)CNC1(c2cccc(C(F)(F)F)c2)CC1)C(C)(C)C)S(=O)(=O)c1ccc(N)cc1. The summed E-state index contributed by atoms with van der Waals surface area (Å²) in [4.78, 5) is 27.3. The van der Waals surface area contributed by atoms with Crippen molar-refractivity contribution >= 4 is 27.5 Å². The Morgan fingerprint density at radius 3 is 2.12 bits per heavy atom. The van der Waals surface area contributed by atoms with Crippen LogP contribution in [0, 0.1) is 11.3 Å². The van der Waals surface area contributed by atoms with Crippen molar-refractivity contribution in [3.63, 3.8) is 0 Å². The summed E-state index contributed by atoms with van der Waals surface area (Å²) in [5.74, 6) is -1.21. The number of alkyl halides is 3. The lowest BCUT2D eigenvalue weighted by Gasteiger charge is -2.34. The Kier molecular flexibility index (Phi) is 12.8. The van der Waals surface area contributed by atoms with Gasteiger partial charge in [0.1, 0.15) is 6.04 Å². The number of nitrogen functional groups attached to an aromatic ring is 1. The molecule has 1 saturated carbocycles. The number of anilines is 1. The summed E-state index contributed by atoms with van der Waals surface area (Å²) in [6.07, 6.45) is -4.60. The predicted octanol–water partition coefficient (Wildman–Crippen LogP) is 4.83. The molecular formula is C38H50F3N5O5S. The number of carbonyl (C=O) groups is 2. The average molecular weight is 746 g/mol. The van der Waals surface area contributed by atoms with Gasteiger partial charge in [0.25, 0.3) is 0 Å². The molecule has 284 valence electrons. The second-order valence-electron chi connectivity index (χ2n) is 15.0. The zero-order chi connectivity index (χ0) is 38.5. The number of aliphatic hydroxyl groups is 1. The number of aliphatic hydroxyl groups excluding tert-OH is 1. The Bertz CT molecular complexity index is 1780. The first-order valence-electron chi connectivity index (χ1n) is 17.3. The van der Waals surface area contributed by atoms with Gasteiger partial charge < -0.3 is 21.5 Å². The molecule has 1 aliphatic rings. The summed E-state index contributed by atoms with van der Waals surface area (Å²) in [5.41, 5.74) is 5.05. The van der Waals surface area contributed by atoms with Gasteiger partial charge in [-0.05, 0) is 78.1 Å². The van der Waals surface area contributed by atoms with Crippen molar-refractivity contribution in [2.24, 2.45) is 11.3 Å². The molecule has 0 bridgehead atoms. The van der Waals surface area contributed by atoms with Crippen LogP contribution in [0.15, 0.2) is 83.8 Å². The second kappa shape index (κ2) is 16.4. The minimum atomic E-state index is -4.50. The molecule has 3 atom stereocenters. The third-order valence-electron chi connectivity index (χ3n) is 9.08. The molecule has 3 aromatic rings. The fourth-order valence-corrected chi connectivity index (χ4v) is 7.66. The number of benzene rings is 3. The monoisotopic (exact) mass is 745 g/mol. The normalized spacial score (nSPS) is 16.3. The molecule has 0 saturated heterocycles. The molecule has 1 unspecified atom stereocenters. The van der Waals surface area contributed by atoms with Crippen LogP contribution in [0.5, 0.6) is 0 Å². The number of nitrogens with one attached hydrogen (secondary N) is 3. The van der Waals surface area contributed by atoms with Crippen LogP contribution in [0.3, 0.4) is 0 Å². The highest BCUT2D eigenvalue weighted by atomic mass is 32.2. The maximum atomic E-state index is 14.0. The van der Waals surface area contributed by atoms with Crippen LogP contribution in [-0.4, -0.2) is 67.5 Å². The Balaban J connectivity index is 1.52. The first kappa shape index (κ1) is 40.8. The van der Waals surface area contributed by atoms with Crippen molar-refractivity contribution in [3.8, 4) is 0 Å². The van der Waals surface area contributed by atoms with E-state index in [1.165, 1.54) is 34.6 Å². The van der Waals surface area contributed by atoms with Gasteiger partial charge in [0.2, 0.25) is 21.8 Å². The number of hydrogen-bond acceptors (Lipinski definition) is 7. The fourth-order valence-electron chi connectivity index (χ4n) is 6.04. The highest BCUT2D eigenvalue weighted by Crippen LogP contribution is 2.46. The second-order valence-corrected chi connectivity index (χ2v) is 17.0. The lowest BCUT2D eigenvalue weighted by atomic mass is 9.85. The Labute approximate surface area is 304 Å². The van der Waals surface area contributed by atoms with Gasteiger partial charge in [-0.25, -0.2) is 8.42 Å². The van der Waals surface area contributed by atoms with Gasteiger partial charge in [-0.15, -0.1) is 0 Å². The van der Waals surface area contributed by atoms with Crippen LogP contribution in [0.1, 0.15) is 64.2 Å². The number of rotatable bonds is 16. The van der Waals surface area contributed by atoms with E-state index in [4.69, 9.17) is 5.73 Å². The molecule has 10 nitrogen and oxygen atoms in total. The first-order valence-corrected chi connectivity index (χ1v) is 18.8. The molecule has 0 heterocycles. The summed E-state index contributed by atoms with van der Waals surface area (Å²) in [7, 11) is -4.06. The Morgan fingerprint density at radius 1 is 0.923 bits per heavy atom. The number of sulfonamides is 1. The lowest BCUT2D eigenvalue weighted by molar-refractivity contribution is -0.137. The van der Waals surface area contributed by atoms with Crippen molar-refractivity contribution < 1.29 is 36.3 Å². The molecule has 3 aromatic carbocycles. The summed E-state index contributed by atoms with van der Waals surface area (Å²) < 4.78 is 68.8. The molecule has 4 rings (SSSR count). The molecule has 2 amide bonds. The van der Waals surface area contributed by atoms with E-state index in [0.717, 1.165) is 17.7 Å². The van der Waals surface area contributed by atoms with Crippen molar-refractivity contribution in [3.05, 3.63) is 95.6 Å². The average Bonchev–Trinajstić information content (AvgIpc) is 3.86. The van der Waals surface area contributed by atoms with E-state index >= 15 is 0 Å². The fraction of sp³-hybridized carbons (Fsp3) is 0.474. The highest BCUT2D eigenvalue weighted by Gasteiger charge is 2.45. The molecule has 6 N–H and O–H groups in total. The zero-order valence-corrected chi connectivity index (χ0v) is 31.0. The summed E-state index contributed by atoms with van der Waals surface area (Å²) in [6, 6.07) is 17.9. The Morgan fingerprint density at radius 2 is 1.56 bits per heavy atom. The molecule has 0 spiro atoms. The van der Waals surface area contributed by atoms with E-state index in [-0.39, 0.29) is 36.9 Å². The topological polar surface area (TPSA) is 154 Å². The summed E-state index contributed by atoms with van der Waals surface area (Å²) in [6.45, 7) is 8.54. The van der Waals surface area contributed by atoms with E-state index < -0.39 is 62.7 Å². The van der Waals surface area contributed by atoms with E-state index in [2.05, 4.69) is 16.0 Å². The van der Waals surface area contributed by atoms with Crippen molar-refractivity contribution in [1.29, 1.82) is 0 Å². The number of hydrogen-bond donors (Lipinski definition) is 5. The predicted molar refractivity (Wildman–Crippen MR) is 194 cm³/mol. The van der Waals surface area contributed by atoms with Crippen LogP contribution in [0.25, 0.3) is 0 Å². The molecule has 0 aliphatic heterocycles. The molecular weight excluding hydrogens is 696 g/mol. The lowest BCUT2D eigenvalue weighted by Crippen LogP contribution is -2.59. The van der Waals surface area contributed by atoms with Gasteiger partial charge in [-0.1, -0.05) is 77.1 Å². The number of carbonyl (C=O) groups excluding carboxylic acids is 2. The maximum Gasteiger partial charge on any atom is 0.416 e. The van der Waals surface area contributed by atoms with Crippen molar-refractivity contribution in [2.45, 2.75) is 88.7 Å². The smallest absolute Gasteiger partial charge is 0.399 e. The highest BCUT2D eigenvalue weighted by molar-refractivity contribution is 7.89.